The average Bonchev–Trinajstić information content (AvgIpc) is 1.87. The maximum atomic E-state index is 10.3. The first kappa shape index (κ1) is 9.82. The first-order valence-corrected chi connectivity index (χ1v) is 4.02. The Morgan fingerprint density at radius 1 is 1.70 bits per heavy atom. The lowest BCUT2D eigenvalue weighted by Gasteiger charge is -2.12. The number of carboxylic acids is 1. The van der Waals surface area contributed by atoms with Crippen molar-refractivity contribution in [3.8, 4) is 0 Å². The van der Waals surface area contributed by atoms with Crippen LogP contribution in [0.25, 0.3) is 0 Å². The van der Waals surface area contributed by atoms with Crippen molar-refractivity contribution in [2.75, 3.05) is 0 Å². The molecule has 1 N–H and O–H groups in total. The quantitative estimate of drug-likeness (QED) is 0.618. The van der Waals surface area contributed by atoms with E-state index in [0.29, 0.717) is 0 Å². The number of hydrogen-bond acceptors (Lipinski definition) is 2. The van der Waals surface area contributed by atoms with Gasteiger partial charge >= 0.3 is 5.97 Å². The zero-order valence-corrected chi connectivity index (χ0v) is 7.27. The molecule has 0 radical (unpaired) electrons. The molecule has 0 bridgehead atoms. The molecule has 60 valence electrons. The lowest BCUT2D eigenvalue weighted by atomic mass is 10.0. The van der Waals surface area contributed by atoms with E-state index in [0.717, 1.165) is 12.8 Å². The fourth-order valence-electron chi connectivity index (χ4n) is 0.857. The van der Waals surface area contributed by atoms with E-state index >= 15 is 0 Å². The van der Waals surface area contributed by atoms with Gasteiger partial charge in [-0.15, -0.1) is 0 Å². The highest BCUT2D eigenvalue weighted by molar-refractivity contribution is 7.81. The minimum absolute atomic E-state index is 0.172. The zero-order chi connectivity index (χ0) is 8.15. The summed E-state index contributed by atoms with van der Waals surface area (Å²) in [4.78, 5) is 10.3. The predicted octanol–water partition coefficient (Wildman–Crippen LogP) is 1.81. The number of carbonyl (C=O) groups is 1. The first-order valence-electron chi connectivity index (χ1n) is 3.50. The molecule has 0 aromatic carbocycles. The van der Waals surface area contributed by atoms with Crippen molar-refractivity contribution in [2.24, 2.45) is 5.92 Å². The molecule has 0 saturated heterocycles. The molecular weight excluding hydrogens is 148 g/mol. The van der Waals surface area contributed by atoms with Crippen LogP contribution in [0.3, 0.4) is 0 Å². The summed E-state index contributed by atoms with van der Waals surface area (Å²) in [7, 11) is 0. The third-order valence-corrected chi connectivity index (χ3v) is 2.27. The Labute approximate surface area is 67.0 Å². The summed E-state index contributed by atoms with van der Waals surface area (Å²) in [6.07, 6.45) is 1.95. The van der Waals surface area contributed by atoms with Gasteiger partial charge in [0.1, 0.15) is 5.25 Å². The van der Waals surface area contributed by atoms with E-state index in [9.17, 15) is 4.79 Å². The van der Waals surface area contributed by atoms with E-state index in [1.165, 1.54) is 0 Å². The average molecular weight is 162 g/mol. The fraction of sp³-hybridized carbons (Fsp3) is 0.857. The Kier molecular flexibility index (Phi) is 4.52. The number of hydrogen-bond donors (Lipinski definition) is 2. The lowest BCUT2D eigenvalue weighted by Crippen LogP contribution is -2.21. The second kappa shape index (κ2) is 4.61. The topological polar surface area (TPSA) is 37.3 Å². The first-order chi connectivity index (χ1) is 4.59. The van der Waals surface area contributed by atoms with Crippen LogP contribution in [-0.2, 0) is 4.79 Å². The number of thiol groups is 1. The predicted molar refractivity (Wildman–Crippen MR) is 44.5 cm³/mol. The standard InChI is InChI=1S/C7H14O2S/c1-3-4-5(2)6(10)7(8)9/h5-6,10H,3-4H2,1-2H3,(H,8,9). The third-order valence-electron chi connectivity index (χ3n) is 1.54. The van der Waals surface area contributed by atoms with E-state index in [1.54, 1.807) is 0 Å². The van der Waals surface area contributed by atoms with Gasteiger partial charge in [0.25, 0.3) is 0 Å². The van der Waals surface area contributed by atoms with Crippen LogP contribution in [0.1, 0.15) is 26.7 Å². The SMILES string of the molecule is CCCC(C)C(S)C(=O)O. The van der Waals surface area contributed by atoms with Crippen LogP contribution in [0.15, 0.2) is 0 Å². The molecule has 10 heavy (non-hydrogen) atoms. The number of aliphatic carboxylic acids is 1. The van der Waals surface area contributed by atoms with Crippen molar-refractivity contribution in [2.45, 2.75) is 31.9 Å². The van der Waals surface area contributed by atoms with Crippen LogP contribution in [0.4, 0.5) is 0 Å². The van der Waals surface area contributed by atoms with Gasteiger partial charge in [-0.3, -0.25) is 4.79 Å². The van der Waals surface area contributed by atoms with Gasteiger partial charge in [-0.1, -0.05) is 20.3 Å². The van der Waals surface area contributed by atoms with Crippen molar-refractivity contribution in [1.82, 2.24) is 0 Å². The summed E-state index contributed by atoms with van der Waals surface area (Å²) in [6, 6.07) is 0. The van der Waals surface area contributed by atoms with Gasteiger partial charge in [-0.25, -0.2) is 0 Å². The minimum Gasteiger partial charge on any atom is -0.480 e. The fourth-order valence-corrected chi connectivity index (χ4v) is 1.01. The molecule has 2 nitrogen and oxygen atoms in total. The molecule has 0 aliphatic carbocycles. The van der Waals surface area contributed by atoms with E-state index in [2.05, 4.69) is 12.6 Å². The molecular formula is C7H14O2S. The van der Waals surface area contributed by atoms with Gasteiger partial charge in [-0.2, -0.15) is 12.6 Å². The molecule has 0 aromatic rings. The Bertz CT molecular complexity index is 114. The summed E-state index contributed by atoms with van der Waals surface area (Å²) in [5.41, 5.74) is 0. The van der Waals surface area contributed by atoms with Gasteiger partial charge in [0.15, 0.2) is 0 Å². The number of carboxylic acid groups (broad SMARTS) is 1. The van der Waals surface area contributed by atoms with Crippen LogP contribution in [-0.4, -0.2) is 16.3 Å². The largest absolute Gasteiger partial charge is 0.480 e. The van der Waals surface area contributed by atoms with E-state index in [4.69, 9.17) is 5.11 Å². The molecule has 0 fully saturated rings. The summed E-state index contributed by atoms with van der Waals surface area (Å²) < 4.78 is 0. The Morgan fingerprint density at radius 3 is 2.50 bits per heavy atom. The van der Waals surface area contributed by atoms with Crippen LogP contribution in [0, 0.1) is 5.92 Å². The second-order valence-electron chi connectivity index (χ2n) is 2.55. The Balaban J connectivity index is 3.69. The molecule has 0 rings (SSSR count). The molecule has 0 saturated carbocycles. The molecule has 2 unspecified atom stereocenters. The summed E-state index contributed by atoms with van der Waals surface area (Å²) >= 11 is 3.95. The molecule has 2 atom stereocenters. The van der Waals surface area contributed by atoms with Gasteiger partial charge in [0.05, 0.1) is 0 Å². The monoisotopic (exact) mass is 162 g/mol. The highest BCUT2D eigenvalue weighted by Crippen LogP contribution is 2.15. The molecule has 0 amide bonds. The Morgan fingerprint density at radius 2 is 2.20 bits per heavy atom. The normalized spacial score (nSPS) is 16.3. The van der Waals surface area contributed by atoms with Crippen molar-refractivity contribution >= 4 is 18.6 Å². The zero-order valence-electron chi connectivity index (χ0n) is 6.37. The van der Waals surface area contributed by atoms with Gasteiger partial charge < -0.3 is 5.11 Å². The van der Waals surface area contributed by atoms with Gasteiger partial charge in [0, 0.05) is 0 Å². The van der Waals surface area contributed by atoms with Crippen molar-refractivity contribution in [3.05, 3.63) is 0 Å². The summed E-state index contributed by atoms with van der Waals surface area (Å²) in [5, 5.41) is 8.00. The smallest absolute Gasteiger partial charge is 0.316 e. The van der Waals surface area contributed by atoms with E-state index in [1.807, 2.05) is 13.8 Å². The van der Waals surface area contributed by atoms with Crippen molar-refractivity contribution in [1.29, 1.82) is 0 Å². The second-order valence-corrected chi connectivity index (χ2v) is 3.11. The van der Waals surface area contributed by atoms with E-state index in [-0.39, 0.29) is 5.92 Å². The maximum Gasteiger partial charge on any atom is 0.316 e. The van der Waals surface area contributed by atoms with Crippen LogP contribution < -0.4 is 0 Å². The molecule has 0 aliphatic rings. The molecule has 0 spiro atoms. The molecule has 3 heteroatoms. The van der Waals surface area contributed by atoms with Gasteiger partial charge in [0.2, 0.25) is 0 Å². The highest BCUT2D eigenvalue weighted by atomic mass is 32.1. The molecule has 0 aliphatic heterocycles. The van der Waals surface area contributed by atoms with Crippen molar-refractivity contribution < 1.29 is 9.90 Å². The molecule has 0 aromatic heterocycles. The lowest BCUT2D eigenvalue weighted by molar-refractivity contribution is -0.137. The summed E-state index contributed by atoms with van der Waals surface area (Å²) in [6.45, 7) is 3.95. The Hall–Kier alpha value is -0.180. The van der Waals surface area contributed by atoms with Crippen LogP contribution in [0.2, 0.25) is 0 Å². The van der Waals surface area contributed by atoms with Crippen molar-refractivity contribution in [3.63, 3.8) is 0 Å². The maximum absolute atomic E-state index is 10.3. The van der Waals surface area contributed by atoms with Crippen LogP contribution >= 0.6 is 12.6 Å². The van der Waals surface area contributed by atoms with Gasteiger partial charge in [-0.05, 0) is 12.3 Å². The van der Waals surface area contributed by atoms with Crippen LogP contribution in [0.5, 0.6) is 0 Å². The summed E-state index contributed by atoms with van der Waals surface area (Å²) in [5.74, 6) is -0.643. The number of rotatable bonds is 4. The minimum atomic E-state index is -0.815. The van der Waals surface area contributed by atoms with E-state index < -0.39 is 11.2 Å². The molecule has 0 heterocycles. The highest BCUT2D eigenvalue weighted by Gasteiger charge is 2.18. The third kappa shape index (κ3) is 3.11.